The van der Waals surface area contributed by atoms with E-state index in [1.807, 2.05) is 24.3 Å². The maximum Gasteiger partial charge on any atom is 0.150 e. The quantitative estimate of drug-likeness (QED) is 0.796. The Hall–Kier alpha value is -0.350. The van der Waals surface area contributed by atoms with E-state index >= 15 is 0 Å². The molecule has 0 amide bonds. The van der Waals surface area contributed by atoms with Crippen molar-refractivity contribution in [3.63, 3.8) is 0 Å². The first kappa shape index (κ1) is 11.1. The fraction of sp³-hybridized carbons (Fsp3) is 0.455. The summed E-state index contributed by atoms with van der Waals surface area (Å²) >= 11 is 3.41. The highest BCUT2D eigenvalue weighted by molar-refractivity contribution is 9.10. The van der Waals surface area contributed by atoms with E-state index in [1.54, 1.807) is 0 Å². The molecule has 0 bridgehead atoms. The molecule has 1 aliphatic rings. The fourth-order valence-corrected chi connectivity index (χ4v) is 4.21. The zero-order valence-corrected chi connectivity index (χ0v) is 10.7. The highest BCUT2D eigenvalue weighted by Crippen LogP contribution is 2.29. The minimum atomic E-state index is -2.81. The highest BCUT2D eigenvalue weighted by atomic mass is 79.9. The lowest BCUT2D eigenvalue weighted by Gasteiger charge is -2.22. The van der Waals surface area contributed by atoms with Gasteiger partial charge >= 0.3 is 0 Å². The van der Waals surface area contributed by atoms with Crippen LogP contribution in [0.15, 0.2) is 28.7 Å². The van der Waals surface area contributed by atoms with Crippen LogP contribution in [0.2, 0.25) is 0 Å². The third-order valence-electron chi connectivity index (χ3n) is 2.78. The van der Waals surface area contributed by atoms with Crippen LogP contribution in [0.4, 0.5) is 0 Å². The molecule has 1 aromatic carbocycles. The number of hydrogen-bond acceptors (Lipinski definition) is 2. The van der Waals surface area contributed by atoms with E-state index in [2.05, 4.69) is 15.9 Å². The van der Waals surface area contributed by atoms with Crippen molar-refractivity contribution >= 4 is 25.8 Å². The van der Waals surface area contributed by atoms with Gasteiger partial charge in [-0.25, -0.2) is 8.42 Å². The molecular weight excluding hydrogens is 276 g/mol. The molecule has 15 heavy (non-hydrogen) atoms. The van der Waals surface area contributed by atoms with Crippen LogP contribution in [0.25, 0.3) is 0 Å². The Kier molecular flexibility index (Phi) is 3.16. The van der Waals surface area contributed by atoms with Gasteiger partial charge in [-0.1, -0.05) is 28.1 Å². The molecule has 0 spiro atoms. The van der Waals surface area contributed by atoms with Crippen molar-refractivity contribution in [1.29, 1.82) is 0 Å². The van der Waals surface area contributed by atoms with Gasteiger partial charge in [-0.15, -0.1) is 0 Å². The molecule has 2 rings (SSSR count). The van der Waals surface area contributed by atoms with Gasteiger partial charge < -0.3 is 0 Å². The van der Waals surface area contributed by atoms with Crippen molar-refractivity contribution < 1.29 is 8.42 Å². The second-order valence-corrected chi connectivity index (χ2v) is 7.15. The average molecular weight is 289 g/mol. The Labute approximate surface area is 98.7 Å². The van der Waals surface area contributed by atoms with Crippen LogP contribution < -0.4 is 0 Å². The topological polar surface area (TPSA) is 34.1 Å². The summed E-state index contributed by atoms with van der Waals surface area (Å²) in [5, 5.41) is 0. The van der Waals surface area contributed by atoms with Gasteiger partial charge in [0.2, 0.25) is 0 Å². The Morgan fingerprint density at radius 2 is 2.13 bits per heavy atom. The van der Waals surface area contributed by atoms with Crippen LogP contribution in [0.5, 0.6) is 0 Å². The van der Waals surface area contributed by atoms with Gasteiger partial charge in [0.1, 0.15) is 0 Å². The zero-order valence-electron chi connectivity index (χ0n) is 8.32. The van der Waals surface area contributed by atoms with Gasteiger partial charge in [0.25, 0.3) is 0 Å². The second-order valence-electron chi connectivity index (χ2n) is 4.01. The molecule has 1 aromatic rings. The molecule has 2 nitrogen and oxygen atoms in total. The molecule has 0 N–H and O–H groups in total. The van der Waals surface area contributed by atoms with Gasteiger partial charge in [0.05, 0.1) is 11.5 Å². The summed E-state index contributed by atoms with van der Waals surface area (Å²) < 4.78 is 24.0. The Morgan fingerprint density at radius 3 is 2.80 bits per heavy atom. The minimum Gasteiger partial charge on any atom is -0.229 e. The summed E-state index contributed by atoms with van der Waals surface area (Å²) in [6.45, 7) is 0. The third-order valence-corrected chi connectivity index (χ3v) is 5.10. The molecule has 0 radical (unpaired) electrons. The maximum atomic E-state index is 11.5. The maximum absolute atomic E-state index is 11.5. The van der Waals surface area contributed by atoms with E-state index in [0.29, 0.717) is 11.5 Å². The SMILES string of the molecule is O=S1(=O)CCCC(c2cccc(Br)c2)C1. The van der Waals surface area contributed by atoms with Gasteiger partial charge in [0, 0.05) is 4.47 Å². The van der Waals surface area contributed by atoms with Crippen LogP contribution in [0.1, 0.15) is 24.3 Å². The van der Waals surface area contributed by atoms with Crippen molar-refractivity contribution in [1.82, 2.24) is 0 Å². The smallest absolute Gasteiger partial charge is 0.150 e. The van der Waals surface area contributed by atoms with Crippen LogP contribution >= 0.6 is 15.9 Å². The molecule has 82 valence electrons. The number of hydrogen-bond donors (Lipinski definition) is 0. The van der Waals surface area contributed by atoms with Gasteiger partial charge in [0.15, 0.2) is 9.84 Å². The van der Waals surface area contributed by atoms with Crippen molar-refractivity contribution in [2.24, 2.45) is 0 Å². The molecule has 0 saturated carbocycles. The number of rotatable bonds is 1. The normalized spacial score (nSPS) is 25.0. The first-order valence-corrected chi connectivity index (χ1v) is 7.64. The van der Waals surface area contributed by atoms with Crippen LogP contribution in [0, 0.1) is 0 Å². The van der Waals surface area contributed by atoms with E-state index in [0.717, 1.165) is 22.9 Å². The fourth-order valence-electron chi connectivity index (χ4n) is 2.05. The van der Waals surface area contributed by atoms with Gasteiger partial charge in [-0.05, 0) is 36.5 Å². The first-order valence-electron chi connectivity index (χ1n) is 5.03. The monoisotopic (exact) mass is 288 g/mol. The van der Waals surface area contributed by atoms with Crippen molar-refractivity contribution in [2.45, 2.75) is 18.8 Å². The first-order chi connectivity index (χ1) is 7.07. The summed E-state index contributed by atoms with van der Waals surface area (Å²) in [5.74, 6) is 0.849. The molecule has 0 aliphatic carbocycles. The molecule has 1 heterocycles. The van der Waals surface area contributed by atoms with Crippen molar-refractivity contribution in [2.75, 3.05) is 11.5 Å². The van der Waals surface area contributed by atoms with E-state index in [1.165, 1.54) is 0 Å². The molecule has 1 aliphatic heterocycles. The zero-order chi connectivity index (χ0) is 10.9. The van der Waals surface area contributed by atoms with E-state index in [4.69, 9.17) is 0 Å². The predicted molar refractivity (Wildman–Crippen MR) is 64.8 cm³/mol. The minimum absolute atomic E-state index is 0.182. The third kappa shape index (κ3) is 2.82. The van der Waals surface area contributed by atoms with E-state index in [9.17, 15) is 8.42 Å². The van der Waals surface area contributed by atoms with Crippen molar-refractivity contribution in [3.05, 3.63) is 34.3 Å². The standard InChI is InChI=1S/C11H13BrO2S/c12-11-5-1-3-9(7-11)10-4-2-6-15(13,14)8-10/h1,3,5,7,10H,2,4,6,8H2. The van der Waals surface area contributed by atoms with E-state index in [-0.39, 0.29) is 5.92 Å². The lowest BCUT2D eigenvalue weighted by Crippen LogP contribution is -2.23. The molecular formula is C11H13BrO2S. The Bertz CT molecular complexity index is 453. The molecule has 1 fully saturated rings. The summed E-state index contributed by atoms with van der Waals surface area (Å²) in [4.78, 5) is 0. The van der Waals surface area contributed by atoms with Crippen molar-refractivity contribution in [3.8, 4) is 0 Å². The van der Waals surface area contributed by atoms with Crippen LogP contribution in [-0.2, 0) is 9.84 Å². The molecule has 1 unspecified atom stereocenters. The Balaban J connectivity index is 2.24. The summed E-state index contributed by atoms with van der Waals surface area (Å²) in [5.41, 5.74) is 1.13. The largest absolute Gasteiger partial charge is 0.229 e. The molecule has 0 aromatic heterocycles. The van der Waals surface area contributed by atoms with Crippen LogP contribution in [0.3, 0.4) is 0 Å². The Morgan fingerprint density at radius 1 is 1.33 bits per heavy atom. The molecule has 4 heteroatoms. The molecule has 1 atom stereocenters. The average Bonchev–Trinajstić information content (AvgIpc) is 2.16. The van der Waals surface area contributed by atoms with Gasteiger partial charge in [-0.2, -0.15) is 0 Å². The summed E-state index contributed by atoms with van der Waals surface area (Å²) in [6, 6.07) is 7.95. The second kappa shape index (κ2) is 4.26. The predicted octanol–water partition coefficient (Wildman–Crippen LogP) is 2.74. The number of benzene rings is 1. The van der Waals surface area contributed by atoms with Crippen LogP contribution in [-0.4, -0.2) is 19.9 Å². The lowest BCUT2D eigenvalue weighted by atomic mass is 9.96. The van der Waals surface area contributed by atoms with E-state index < -0.39 is 9.84 Å². The number of sulfone groups is 1. The summed E-state index contributed by atoms with van der Waals surface area (Å²) in [6.07, 6.45) is 1.77. The summed E-state index contributed by atoms with van der Waals surface area (Å²) in [7, 11) is -2.81. The lowest BCUT2D eigenvalue weighted by molar-refractivity contribution is 0.554. The molecule has 1 saturated heterocycles. The highest BCUT2D eigenvalue weighted by Gasteiger charge is 2.25. The van der Waals surface area contributed by atoms with Gasteiger partial charge in [-0.3, -0.25) is 0 Å². The number of halogens is 1.